The Bertz CT molecular complexity index is 890. The number of carbonyl (C=O) groups is 1. The number of aliphatic hydroxyl groups excluding tert-OH is 1. The lowest BCUT2D eigenvalue weighted by Crippen LogP contribution is -2.21. The standard InChI is InChI=1S/C16H10ClN3O4/c17-10-5-7-11(8-6-10)19-16(22)13(9-21)15(18-19)12-3-1-2-4-14(12)20(23)24/h1-9,21H. The topological polar surface area (TPSA) is 96.0 Å². The number of benzene rings is 2. The van der Waals surface area contributed by atoms with E-state index in [9.17, 15) is 20.0 Å². The van der Waals surface area contributed by atoms with E-state index in [1.54, 1.807) is 30.3 Å². The number of hydrazone groups is 1. The first-order valence-corrected chi connectivity index (χ1v) is 7.18. The highest BCUT2D eigenvalue weighted by Gasteiger charge is 2.35. The maximum atomic E-state index is 12.5. The summed E-state index contributed by atoms with van der Waals surface area (Å²) in [6.45, 7) is 0. The second kappa shape index (κ2) is 6.13. The molecule has 1 aliphatic heterocycles. The Morgan fingerprint density at radius 3 is 2.46 bits per heavy atom. The molecule has 1 heterocycles. The van der Waals surface area contributed by atoms with Gasteiger partial charge in [-0.3, -0.25) is 14.9 Å². The summed E-state index contributed by atoms with van der Waals surface area (Å²) in [6.07, 6.45) is 0.605. The molecule has 3 rings (SSSR count). The second-order valence-corrected chi connectivity index (χ2v) is 5.30. The Morgan fingerprint density at radius 2 is 1.83 bits per heavy atom. The number of rotatable bonds is 3. The third-order valence-electron chi connectivity index (χ3n) is 3.43. The lowest BCUT2D eigenvalue weighted by atomic mass is 10.0. The predicted molar refractivity (Wildman–Crippen MR) is 89.3 cm³/mol. The molecule has 24 heavy (non-hydrogen) atoms. The summed E-state index contributed by atoms with van der Waals surface area (Å²) in [7, 11) is 0. The van der Waals surface area contributed by atoms with Crippen molar-refractivity contribution in [2.24, 2.45) is 5.10 Å². The third kappa shape index (κ3) is 2.61. The summed E-state index contributed by atoms with van der Waals surface area (Å²) in [5, 5.41) is 26.3. The van der Waals surface area contributed by atoms with Crippen molar-refractivity contribution in [1.82, 2.24) is 0 Å². The Balaban J connectivity index is 2.13. The summed E-state index contributed by atoms with van der Waals surface area (Å²) < 4.78 is 0. The average molecular weight is 344 g/mol. The molecule has 1 amide bonds. The van der Waals surface area contributed by atoms with Crippen LogP contribution < -0.4 is 5.01 Å². The van der Waals surface area contributed by atoms with E-state index >= 15 is 0 Å². The zero-order valence-electron chi connectivity index (χ0n) is 12.1. The molecule has 0 fully saturated rings. The summed E-state index contributed by atoms with van der Waals surface area (Å²) in [4.78, 5) is 23.1. The molecule has 1 aliphatic rings. The number of carbonyl (C=O) groups excluding carboxylic acids is 1. The molecule has 0 saturated carbocycles. The lowest BCUT2D eigenvalue weighted by molar-refractivity contribution is -0.385. The van der Waals surface area contributed by atoms with E-state index in [2.05, 4.69) is 5.10 Å². The van der Waals surface area contributed by atoms with Gasteiger partial charge in [-0.05, 0) is 30.3 Å². The van der Waals surface area contributed by atoms with E-state index in [1.165, 1.54) is 18.2 Å². The number of hydrogen-bond acceptors (Lipinski definition) is 5. The van der Waals surface area contributed by atoms with Crippen LogP contribution in [0, 0.1) is 10.1 Å². The molecule has 0 atom stereocenters. The van der Waals surface area contributed by atoms with Gasteiger partial charge in [0.25, 0.3) is 11.6 Å². The Kier molecular flexibility index (Phi) is 4.01. The fraction of sp³-hybridized carbons (Fsp3) is 0. The first-order valence-electron chi connectivity index (χ1n) is 6.80. The van der Waals surface area contributed by atoms with Crippen molar-refractivity contribution in [2.75, 3.05) is 5.01 Å². The van der Waals surface area contributed by atoms with Crippen molar-refractivity contribution < 1.29 is 14.8 Å². The molecule has 0 unspecified atom stereocenters. The normalized spacial score (nSPS) is 15.7. The number of halogens is 1. The molecule has 0 saturated heterocycles. The van der Waals surface area contributed by atoms with E-state index in [0.29, 0.717) is 17.0 Å². The minimum Gasteiger partial charge on any atom is -0.515 e. The van der Waals surface area contributed by atoms with Crippen LogP contribution in [0.5, 0.6) is 0 Å². The van der Waals surface area contributed by atoms with Crippen LogP contribution in [0.4, 0.5) is 11.4 Å². The SMILES string of the molecule is O=C1C(=CO)C(c2ccccc2[N+](=O)[O-])=NN1c1ccc(Cl)cc1. The van der Waals surface area contributed by atoms with Gasteiger partial charge in [-0.1, -0.05) is 23.7 Å². The van der Waals surface area contributed by atoms with Gasteiger partial charge >= 0.3 is 0 Å². The zero-order valence-corrected chi connectivity index (χ0v) is 12.8. The molecular weight excluding hydrogens is 334 g/mol. The number of aliphatic hydroxyl groups is 1. The molecule has 0 bridgehead atoms. The van der Waals surface area contributed by atoms with Gasteiger partial charge in [-0.25, -0.2) is 0 Å². The molecule has 2 aromatic carbocycles. The molecule has 0 spiro atoms. The van der Waals surface area contributed by atoms with Crippen molar-refractivity contribution in [3.05, 3.63) is 81.1 Å². The van der Waals surface area contributed by atoms with Gasteiger partial charge in [0.2, 0.25) is 0 Å². The molecule has 8 heteroatoms. The second-order valence-electron chi connectivity index (χ2n) is 4.86. The fourth-order valence-electron chi connectivity index (χ4n) is 2.32. The van der Waals surface area contributed by atoms with Gasteiger partial charge in [-0.15, -0.1) is 0 Å². The van der Waals surface area contributed by atoms with Gasteiger partial charge in [0.05, 0.1) is 22.4 Å². The number of anilines is 1. The van der Waals surface area contributed by atoms with Gasteiger partial charge in [-0.2, -0.15) is 10.1 Å². The van der Waals surface area contributed by atoms with Crippen molar-refractivity contribution in [3.63, 3.8) is 0 Å². The van der Waals surface area contributed by atoms with Gasteiger partial charge in [0.15, 0.2) is 0 Å². The molecule has 120 valence electrons. The van der Waals surface area contributed by atoms with E-state index in [1.807, 2.05) is 0 Å². The number of nitrogens with zero attached hydrogens (tertiary/aromatic N) is 3. The van der Waals surface area contributed by atoms with E-state index in [4.69, 9.17) is 11.6 Å². The number of nitro benzene ring substituents is 1. The van der Waals surface area contributed by atoms with Gasteiger partial charge < -0.3 is 5.11 Å². The van der Waals surface area contributed by atoms with Crippen LogP contribution in [0.3, 0.4) is 0 Å². The maximum Gasteiger partial charge on any atom is 0.284 e. The quantitative estimate of drug-likeness (QED) is 0.399. The van der Waals surface area contributed by atoms with E-state index in [-0.39, 0.29) is 22.5 Å². The summed E-state index contributed by atoms with van der Waals surface area (Å²) in [6, 6.07) is 12.2. The fourth-order valence-corrected chi connectivity index (χ4v) is 2.45. The molecule has 0 aliphatic carbocycles. The zero-order chi connectivity index (χ0) is 17.3. The summed E-state index contributed by atoms with van der Waals surface area (Å²) in [5.41, 5.74) is 0.273. The van der Waals surface area contributed by atoms with Crippen molar-refractivity contribution in [3.8, 4) is 0 Å². The van der Waals surface area contributed by atoms with Crippen LogP contribution >= 0.6 is 11.6 Å². The smallest absolute Gasteiger partial charge is 0.284 e. The highest BCUT2D eigenvalue weighted by atomic mass is 35.5. The Labute approximate surface area is 141 Å². The van der Waals surface area contributed by atoms with Crippen molar-refractivity contribution in [2.45, 2.75) is 0 Å². The van der Waals surface area contributed by atoms with Crippen LogP contribution in [0.2, 0.25) is 5.02 Å². The van der Waals surface area contributed by atoms with Crippen LogP contribution in [0.25, 0.3) is 0 Å². The van der Waals surface area contributed by atoms with E-state index < -0.39 is 10.8 Å². The highest BCUT2D eigenvalue weighted by molar-refractivity contribution is 6.36. The molecule has 7 nitrogen and oxygen atoms in total. The predicted octanol–water partition coefficient (Wildman–Crippen LogP) is 3.44. The number of para-hydroxylation sites is 1. The lowest BCUT2D eigenvalue weighted by Gasteiger charge is -2.10. The van der Waals surface area contributed by atoms with Gasteiger partial charge in [0, 0.05) is 11.1 Å². The largest absolute Gasteiger partial charge is 0.515 e. The summed E-state index contributed by atoms with van der Waals surface area (Å²) >= 11 is 5.83. The minimum absolute atomic E-state index is 0.0322. The summed E-state index contributed by atoms with van der Waals surface area (Å²) in [5.74, 6) is -0.590. The Morgan fingerprint density at radius 1 is 1.17 bits per heavy atom. The van der Waals surface area contributed by atoms with Crippen LogP contribution in [0.1, 0.15) is 5.56 Å². The number of hydrogen-bond donors (Lipinski definition) is 1. The van der Waals surface area contributed by atoms with Crippen molar-refractivity contribution in [1.29, 1.82) is 0 Å². The highest BCUT2D eigenvalue weighted by Crippen LogP contribution is 2.30. The first-order chi connectivity index (χ1) is 11.5. The third-order valence-corrected chi connectivity index (χ3v) is 3.69. The van der Waals surface area contributed by atoms with Crippen molar-refractivity contribution >= 4 is 34.6 Å². The number of nitro groups is 1. The van der Waals surface area contributed by atoms with Gasteiger partial charge in [0.1, 0.15) is 11.3 Å². The number of amides is 1. The molecule has 1 N–H and O–H groups in total. The Hall–Kier alpha value is -3.19. The average Bonchev–Trinajstić information content (AvgIpc) is 2.92. The molecule has 2 aromatic rings. The first kappa shape index (κ1) is 15.7. The molecule has 0 radical (unpaired) electrons. The van der Waals surface area contributed by atoms with Crippen LogP contribution in [-0.4, -0.2) is 21.6 Å². The molecular formula is C16H10ClN3O4. The minimum atomic E-state index is -0.590. The maximum absolute atomic E-state index is 12.5. The van der Waals surface area contributed by atoms with Crippen LogP contribution in [-0.2, 0) is 4.79 Å². The monoisotopic (exact) mass is 343 g/mol. The molecule has 0 aromatic heterocycles. The van der Waals surface area contributed by atoms with Crippen LogP contribution in [0.15, 0.2) is 65.5 Å². The van der Waals surface area contributed by atoms with E-state index in [0.717, 1.165) is 5.01 Å².